The number of rotatable bonds is 4. The summed E-state index contributed by atoms with van der Waals surface area (Å²) >= 11 is 7.44. The van der Waals surface area contributed by atoms with E-state index in [-0.39, 0.29) is 9.90 Å². The van der Waals surface area contributed by atoms with E-state index >= 15 is 0 Å². The third kappa shape index (κ3) is 3.65. The van der Waals surface area contributed by atoms with Crippen LogP contribution in [0.1, 0.15) is 54.6 Å². The van der Waals surface area contributed by atoms with E-state index in [0.29, 0.717) is 5.69 Å². The minimum absolute atomic E-state index is 0.0103. The number of fused-ring (bicyclic) bond motifs is 2. The lowest BCUT2D eigenvalue weighted by atomic mass is 9.98. The zero-order chi connectivity index (χ0) is 21.0. The summed E-state index contributed by atoms with van der Waals surface area (Å²) in [4.78, 5) is 16.6. The Morgan fingerprint density at radius 2 is 1.69 bits per heavy atom. The average molecular weight is 456 g/mol. The van der Waals surface area contributed by atoms with E-state index in [4.69, 9.17) is 11.6 Å². The number of aromatic nitrogens is 1. The summed E-state index contributed by atoms with van der Waals surface area (Å²) in [7, 11) is -4.18. The number of sulfonamides is 1. The third-order valence-electron chi connectivity index (χ3n) is 5.39. The molecule has 2 amide bonds. The molecule has 3 N–H and O–H groups in total. The Morgan fingerprint density at radius 1 is 1.14 bits per heavy atom. The standard InChI is InChI=1S/C19H22ClN3O4S2/c1-19(2,25)16-17(28-9-21-16)29(26,27)23-18(24)22-15-12-7-3-5-10(12)14(20)11-6-4-8-13(11)15/h9,25H,3-8H2,1-2H3,(H2,22,23,24). The van der Waals surface area contributed by atoms with Gasteiger partial charge in [-0.2, -0.15) is 0 Å². The second-order valence-corrected chi connectivity index (χ2v) is 11.0. The topological polar surface area (TPSA) is 108 Å². The van der Waals surface area contributed by atoms with Gasteiger partial charge in [-0.1, -0.05) is 11.6 Å². The van der Waals surface area contributed by atoms with E-state index in [0.717, 1.165) is 77.1 Å². The van der Waals surface area contributed by atoms with Crippen LogP contribution in [0.5, 0.6) is 0 Å². The van der Waals surface area contributed by atoms with Crippen molar-refractivity contribution >= 4 is 44.7 Å². The van der Waals surface area contributed by atoms with Crippen LogP contribution >= 0.6 is 22.9 Å². The molecule has 0 saturated carbocycles. The van der Waals surface area contributed by atoms with Crippen molar-refractivity contribution in [1.29, 1.82) is 0 Å². The van der Waals surface area contributed by atoms with E-state index in [1.165, 1.54) is 19.4 Å². The zero-order valence-electron chi connectivity index (χ0n) is 16.1. The SMILES string of the molecule is CC(C)(O)c1ncsc1S(=O)(=O)NC(=O)Nc1c2c(c(Cl)c3c1CCC3)CCC2. The molecule has 0 saturated heterocycles. The van der Waals surface area contributed by atoms with Gasteiger partial charge in [0.05, 0.1) is 5.51 Å². The molecule has 1 aromatic carbocycles. The van der Waals surface area contributed by atoms with Crippen LogP contribution in [0.15, 0.2) is 9.72 Å². The molecule has 0 fully saturated rings. The molecule has 2 aliphatic carbocycles. The monoisotopic (exact) mass is 455 g/mol. The summed E-state index contributed by atoms with van der Waals surface area (Å²) in [5.41, 5.74) is 4.76. The number of carbonyl (C=O) groups is 1. The van der Waals surface area contributed by atoms with Crippen molar-refractivity contribution in [3.63, 3.8) is 0 Å². The van der Waals surface area contributed by atoms with Gasteiger partial charge < -0.3 is 10.4 Å². The smallest absolute Gasteiger partial charge is 0.333 e. The summed E-state index contributed by atoms with van der Waals surface area (Å²) in [6, 6.07) is -0.828. The summed E-state index contributed by atoms with van der Waals surface area (Å²) in [6.07, 6.45) is 5.27. The molecule has 0 unspecified atom stereocenters. The maximum Gasteiger partial charge on any atom is 0.333 e. The normalized spacial score (nSPS) is 15.9. The summed E-state index contributed by atoms with van der Waals surface area (Å²) in [6.45, 7) is 2.89. The Kier molecular flexibility index (Phi) is 5.13. The van der Waals surface area contributed by atoms with E-state index in [9.17, 15) is 18.3 Å². The number of benzene rings is 1. The van der Waals surface area contributed by atoms with Crippen molar-refractivity contribution in [3.8, 4) is 0 Å². The van der Waals surface area contributed by atoms with Crippen LogP contribution in [0.2, 0.25) is 5.02 Å². The lowest BCUT2D eigenvalue weighted by Crippen LogP contribution is -2.36. The average Bonchev–Trinajstić information content (AvgIpc) is 3.37. The van der Waals surface area contributed by atoms with E-state index < -0.39 is 21.7 Å². The van der Waals surface area contributed by atoms with Crippen molar-refractivity contribution in [2.75, 3.05) is 5.32 Å². The van der Waals surface area contributed by atoms with E-state index in [1.807, 2.05) is 0 Å². The third-order valence-corrected chi connectivity index (χ3v) is 8.55. The first-order valence-corrected chi connectivity index (χ1v) is 12.2. The fourth-order valence-electron chi connectivity index (χ4n) is 4.18. The molecule has 0 atom stereocenters. The highest BCUT2D eigenvalue weighted by Gasteiger charge is 2.33. The summed E-state index contributed by atoms with van der Waals surface area (Å²) in [5, 5.41) is 13.8. The highest BCUT2D eigenvalue weighted by atomic mass is 35.5. The van der Waals surface area contributed by atoms with Crippen LogP contribution in [0.4, 0.5) is 10.5 Å². The van der Waals surface area contributed by atoms with Crippen LogP contribution in [-0.2, 0) is 41.3 Å². The number of hydrogen-bond donors (Lipinski definition) is 3. The van der Waals surface area contributed by atoms with Crippen molar-refractivity contribution < 1.29 is 18.3 Å². The lowest BCUT2D eigenvalue weighted by Gasteiger charge is -2.19. The van der Waals surface area contributed by atoms with Crippen molar-refractivity contribution in [3.05, 3.63) is 38.5 Å². The first kappa shape index (κ1) is 20.6. The van der Waals surface area contributed by atoms with Gasteiger partial charge in [0.25, 0.3) is 10.0 Å². The Bertz CT molecular complexity index is 1070. The van der Waals surface area contributed by atoms with Gasteiger partial charge >= 0.3 is 6.03 Å². The molecule has 1 aromatic heterocycles. The molecule has 1 heterocycles. The molecule has 0 radical (unpaired) electrons. The number of anilines is 1. The second-order valence-electron chi connectivity index (χ2n) is 7.92. The molecule has 4 rings (SSSR count). The molecule has 0 bridgehead atoms. The highest BCUT2D eigenvalue weighted by molar-refractivity contribution is 7.92. The van der Waals surface area contributed by atoms with Crippen LogP contribution in [0.25, 0.3) is 0 Å². The molecule has 29 heavy (non-hydrogen) atoms. The van der Waals surface area contributed by atoms with Crippen LogP contribution < -0.4 is 10.0 Å². The number of nitrogens with one attached hydrogen (secondary N) is 2. The molecule has 10 heteroatoms. The Hall–Kier alpha value is -1.68. The summed E-state index contributed by atoms with van der Waals surface area (Å²) in [5.74, 6) is 0. The number of thiazole rings is 1. The van der Waals surface area contributed by atoms with Crippen LogP contribution in [0.3, 0.4) is 0 Å². The molecule has 7 nitrogen and oxygen atoms in total. The predicted molar refractivity (Wildman–Crippen MR) is 112 cm³/mol. The summed E-state index contributed by atoms with van der Waals surface area (Å²) < 4.78 is 27.4. The Morgan fingerprint density at radius 3 is 2.24 bits per heavy atom. The predicted octanol–water partition coefficient (Wildman–Crippen LogP) is 3.51. The molecular formula is C19H22ClN3O4S2. The first-order chi connectivity index (χ1) is 13.6. The van der Waals surface area contributed by atoms with Crippen molar-refractivity contribution in [1.82, 2.24) is 9.71 Å². The molecule has 0 spiro atoms. The Balaban J connectivity index is 1.63. The van der Waals surface area contributed by atoms with Crippen LogP contribution in [-0.4, -0.2) is 24.5 Å². The van der Waals surface area contributed by atoms with Crippen molar-refractivity contribution in [2.45, 2.75) is 62.2 Å². The van der Waals surface area contributed by atoms with Crippen molar-refractivity contribution in [2.24, 2.45) is 0 Å². The van der Waals surface area contributed by atoms with Gasteiger partial charge in [-0.3, -0.25) is 0 Å². The fraction of sp³-hybridized carbons (Fsp3) is 0.474. The maximum absolute atomic E-state index is 12.7. The van der Waals surface area contributed by atoms with Gasteiger partial charge in [-0.25, -0.2) is 22.9 Å². The van der Waals surface area contributed by atoms with Gasteiger partial charge in [0.2, 0.25) is 0 Å². The molecule has 2 aliphatic rings. The highest BCUT2D eigenvalue weighted by Crippen LogP contribution is 2.44. The number of carbonyl (C=O) groups excluding carboxylic acids is 1. The van der Waals surface area contributed by atoms with E-state index in [1.54, 1.807) is 0 Å². The zero-order valence-corrected chi connectivity index (χ0v) is 18.5. The van der Waals surface area contributed by atoms with Crippen LogP contribution in [0, 0.1) is 0 Å². The molecular weight excluding hydrogens is 434 g/mol. The minimum atomic E-state index is -4.18. The minimum Gasteiger partial charge on any atom is -0.384 e. The second kappa shape index (κ2) is 7.23. The lowest BCUT2D eigenvalue weighted by molar-refractivity contribution is 0.0716. The molecule has 156 valence electrons. The number of urea groups is 1. The van der Waals surface area contributed by atoms with E-state index in [2.05, 4.69) is 15.0 Å². The Labute approximate surface area is 178 Å². The molecule has 0 aliphatic heterocycles. The van der Waals surface area contributed by atoms with Gasteiger partial charge in [0.15, 0.2) is 4.21 Å². The van der Waals surface area contributed by atoms with Gasteiger partial charge in [-0.15, -0.1) is 11.3 Å². The number of amides is 2. The number of nitrogens with zero attached hydrogens (tertiary/aromatic N) is 1. The quantitative estimate of drug-likeness (QED) is 0.653. The number of hydrogen-bond acceptors (Lipinski definition) is 6. The fourth-order valence-corrected chi connectivity index (χ4v) is 6.97. The largest absolute Gasteiger partial charge is 0.384 e. The first-order valence-electron chi connectivity index (χ1n) is 9.44. The van der Waals surface area contributed by atoms with Gasteiger partial charge in [0.1, 0.15) is 11.3 Å². The van der Waals surface area contributed by atoms with Gasteiger partial charge in [-0.05, 0) is 74.6 Å². The molecule has 2 aromatic rings. The number of aliphatic hydroxyl groups is 1. The van der Waals surface area contributed by atoms with Gasteiger partial charge in [0, 0.05) is 10.7 Å². The number of halogens is 1. The maximum atomic E-state index is 12.7.